The molecule has 0 radical (unpaired) electrons. The first kappa shape index (κ1) is 13.8. The molecule has 0 heterocycles. The molecule has 0 fully saturated rings. The molecule has 18 heavy (non-hydrogen) atoms. The topological polar surface area (TPSA) is 76.1 Å². The van der Waals surface area contributed by atoms with E-state index in [0.717, 1.165) is 4.90 Å². The van der Waals surface area contributed by atoms with Crippen molar-refractivity contribution in [2.75, 3.05) is 21.3 Å². The van der Waals surface area contributed by atoms with E-state index >= 15 is 0 Å². The van der Waals surface area contributed by atoms with Crippen LogP contribution in [0.2, 0.25) is 0 Å². The van der Waals surface area contributed by atoms with Crippen molar-refractivity contribution in [3.8, 4) is 11.5 Å². The van der Waals surface area contributed by atoms with Crippen LogP contribution in [-0.4, -0.2) is 43.2 Å². The van der Waals surface area contributed by atoms with Crippen LogP contribution in [0.25, 0.3) is 0 Å². The Kier molecular flexibility index (Phi) is 4.53. The molecule has 1 aromatic rings. The molecule has 0 saturated carbocycles. The number of carboxylic acids is 1. The van der Waals surface area contributed by atoms with Gasteiger partial charge in [0.15, 0.2) is 0 Å². The largest absolute Gasteiger partial charge is 0.497 e. The number of carbonyl (C=O) groups excluding carboxylic acids is 1. The maximum absolute atomic E-state index is 11.3. The molecule has 0 aliphatic heterocycles. The average molecular weight is 253 g/mol. The second kappa shape index (κ2) is 5.90. The lowest BCUT2D eigenvalue weighted by Crippen LogP contribution is -2.32. The summed E-state index contributed by atoms with van der Waals surface area (Å²) >= 11 is 0. The molecule has 0 spiro atoms. The molecule has 1 amide bonds. The van der Waals surface area contributed by atoms with Crippen LogP contribution < -0.4 is 9.47 Å². The number of hydrogen-bond donors (Lipinski definition) is 1. The Morgan fingerprint density at radius 3 is 2.44 bits per heavy atom. The van der Waals surface area contributed by atoms with Crippen molar-refractivity contribution in [2.45, 2.75) is 6.54 Å². The fourth-order valence-corrected chi connectivity index (χ4v) is 1.50. The third-order valence-electron chi connectivity index (χ3n) is 2.42. The summed E-state index contributed by atoms with van der Waals surface area (Å²) in [6.45, 7) is 0.130. The Labute approximate surface area is 105 Å². The maximum Gasteiger partial charge on any atom is 0.394 e. The molecule has 0 aliphatic carbocycles. The molecule has 0 unspecified atom stereocenters. The monoisotopic (exact) mass is 253 g/mol. The lowest BCUT2D eigenvalue weighted by Gasteiger charge is -2.17. The quantitative estimate of drug-likeness (QED) is 0.801. The number of ether oxygens (including phenoxy) is 2. The second-order valence-electron chi connectivity index (χ2n) is 3.64. The molecule has 0 aliphatic rings. The zero-order chi connectivity index (χ0) is 13.7. The molecule has 0 aromatic heterocycles. The van der Waals surface area contributed by atoms with Crippen molar-refractivity contribution in [3.63, 3.8) is 0 Å². The molecule has 6 nitrogen and oxygen atoms in total. The number of aliphatic carboxylic acids is 1. The van der Waals surface area contributed by atoms with E-state index in [2.05, 4.69) is 0 Å². The predicted octanol–water partition coefficient (Wildman–Crippen LogP) is 0.747. The number of methoxy groups -OCH3 is 2. The molecule has 1 rings (SSSR count). The first-order chi connectivity index (χ1) is 8.49. The Bertz CT molecular complexity index is 458. The van der Waals surface area contributed by atoms with E-state index in [1.807, 2.05) is 0 Å². The fourth-order valence-electron chi connectivity index (χ4n) is 1.50. The minimum atomic E-state index is -1.49. The number of hydrogen-bond acceptors (Lipinski definition) is 4. The summed E-state index contributed by atoms with van der Waals surface area (Å²) in [5, 5.41) is 8.61. The lowest BCUT2D eigenvalue weighted by molar-refractivity contribution is -0.155. The maximum atomic E-state index is 11.3. The number of carbonyl (C=O) groups is 2. The predicted molar refractivity (Wildman–Crippen MR) is 63.7 cm³/mol. The van der Waals surface area contributed by atoms with E-state index in [1.54, 1.807) is 18.2 Å². The van der Waals surface area contributed by atoms with E-state index < -0.39 is 11.9 Å². The summed E-state index contributed by atoms with van der Waals surface area (Å²) in [5.74, 6) is -1.28. The Balaban J connectivity index is 2.94. The Morgan fingerprint density at radius 2 is 1.94 bits per heavy atom. The van der Waals surface area contributed by atoms with Gasteiger partial charge in [-0.15, -0.1) is 0 Å². The minimum absolute atomic E-state index is 0.130. The summed E-state index contributed by atoms with van der Waals surface area (Å²) < 4.78 is 10.2. The van der Waals surface area contributed by atoms with Crippen molar-refractivity contribution >= 4 is 11.9 Å². The first-order valence-electron chi connectivity index (χ1n) is 5.19. The Hall–Kier alpha value is -2.24. The molecule has 6 heteroatoms. The Morgan fingerprint density at radius 1 is 1.28 bits per heavy atom. The van der Waals surface area contributed by atoms with Gasteiger partial charge >= 0.3 is 11.9 Å². The van der Waals surface area contributed by atoms with Gasteiger partial charge < -0.3 is 19.5 Å². The molecule has 1 N–H and O–H groups in total. The normalized spacial score (nSPS) is 9.72. The zero-order valence-corrected chi connectivity index (χ0v) is 10.5. The van der Waals surface area contributed by atoms with Crippen LogP contribution in [0.1, 0.15) is 5.56 Å². The highest BCUT2D eigenvalue weighted by molar-refractivity contribution is 6.31. The summed E-state index contributed by atoms with van der Waals surface area (Å²) in [6, 6.07) is 5.12. The minimum Gasteiger partial charge on any atom is -0.497 e. The molecule has 0 bridgehead atoms. The van der Waals surface area contributed by atoms with E-state index in [4.69, 9.17) is 14.6 Å². The van der Waals surface area contributed by atoms with E-state index in [0.29, 0.717) is 17.1 Å². The highest BCUT2D eigenvalue weighted by atomic mass is 16.5. The summed E-state index contributed by atoms with van der Waals surface area (Å²) in [5.41, 5.74) is 0.675. The van der Waals surface area contributed by atoms with Crippen LogP contribution >= 0.6 is 0 Å². The van der Waals surface area contributed by atoms with Gasteiger partial charge in [-0.1, -0.05) is 0 Å². The van der Waals surface area contributed by atoms with Crippen LogP contribution in [0, 0.1) is 0 Å². The van der Waals surface area contributed by atoms with Crippen molar-refractivity contribution in [2.24, 2.45) is 0 Å². The van der Waals surface area contributed by atoms with Crippen molar-refractivity contribution < 1.29 is 24.2 Å². The average Bonchev–Trinajstić information content (AvgIpc) is 2.37. The van der Waals surface area contributed by atoms with Gasteiger partial charge in [0.25, 0.3) is 0 Å². The van der Waals surface area contributed by atoms with Crippen LogP contribution in [0.3, 0.4) is 0 Å². The van der Waals surface area contributed by atoms with Crippen LogP contribution in [-0.2, 0) is 16.1 Å². The summed E-state index contributed by atoms with van der Waals surface area (Å²) in [7, 11) is 4.44. The SMILES string of the molecule is COc1ccc(OC)c(CN(C)C(=O)C(=O)O)c1. The summed E-state index contributed by atoms with van der Waals surface area (Å²) in [6.07, 6.45) is 0. The zero-order valence-electron chi connectivity index (χ0n) is 10.5. The summed E-state index contributed by atoms with van der Waals surface area (Å²) in [4.78, 5) is 22.9. The third-order valence-corrected chi connectivity index (χ3v) is 2.42. The highest BCUT2D eigenvalue weighted by Gasteiger charge is 2.18. The van der Waals surface area contributed by atoms with Gasteiger partial charge in [0.1, 0.15) is 11.5 Å². The van der Waals surface area contributed by atoms with Gasteiger partial charge in [0.2, 0.25) is 0 Å². The van der Waals surface area contributed by atoms with Crippen LogP contribution in [0.5, 0.6) is 11.5 Å². The first-order valence-corrected chi connectivity index (χ1v) is 5.19. The van der Waals surface area contributed by atoms with Crippen molar-refractivity contribution in [3.05, 3.63) is 23.8 Å². The fraction of sp³-hybridized carbons (Fsp3) is 0.333. The highest BCUT2D eigenvalue weighted by Crippen LogP contribution is 2.24. The van der Waals surface area contributed by atoms with Gasteiger partial charge in [-0.05, 0) is 18.2 Å². The van der Waals surface area contributed by atoms with Crippen molar-refractivity contribution in [1.29, 1.82) is 0 Å². The number of nitrogens with zero attached hydrogens (tertiary/aromatic N) is 1. The van der Waals surface area contributed by atoms with Crippen LogP contribution in [0.15, 0.2) is 18.2 Å². The number of likely N-dealkylation sites (N-methyl/N-ethyl adjacent to an activating group) is 1. The smallest absolute Gasteiger partial charge is 0.394 e. The van der Waals surface area contributed by atoms with Crippen molar-refractivity contribution in [1.82, 2.24) is 4.90 Å². The van der Waals surface area contributed by atoms with Gasteiger partial charge in [-0.3, -0.25) is 4.79 Å². The number of carboxylic acid groups (broad SMARTS) is 1. The standard InChI is InChI=1S/C12H15NO5/c1-13(11(14)12(15)16)7-8-6-9(17-2)4-5-10(8)18-3/h4-6H,7H2,1-3H3,(H,15,16). The number of benzene rings is 1. The molecule has 1 aromatic carbocycles. The van der Waals surface area contributed by atoms with Gasteiger partial charge in [0.05, 0.1) is 14.2 Å². The van der Waals surface area contributed by atoms with E-state index in [-0.39, 0.29) is 6.54 Å². The number of amides is 1. The van der Waals surface area contributed by atoms with Gasteiger partial charge in [-0.2, -0.15) is 0 Å². The number of rotatable bonds is 4. The second-order valence-corrected chi connectivity index (χ2v) is 3.64. The van der Waals surface area contributed by atoms with Gasteiger partial charge in [0, 0.05) is 19.2 Å². The molecular formula is C12H15NO5. The molecule has 98 valence electrons. The van der Waals surface area contributed by atoms with E-state index in [1.165, 1.54) is 21.3 Å². The molecule has 0 saturated heterocycles. The van der Waals surface area contributed by atoms with E-state index in [9.17, 15) is 9.59 Å². The van der Waals surface area contributed by atoms with Crippen LogP contribution in [0.4, 0.5) is 0 Å². The van der Waals surface area contributed by atoms with Gasteiger partial charge in [-0.25, -0.2) is 4.79 Å². The molecule has 0 atom stereocenters. The molecular weight excluding hydrogens is 238 g/mol. The lowest BCUT2D eigenvalue weighted by atomic mass is 10.1. The third kappa shape index (κ3) is 3.13.